The molecule has 2 nitrogen and oxygen atoms in total. The van der Waals surface area contributed by atoms with E-state index in [9.17, 15) is 0 Å². The summed E-state index contributed by atoms with van der Waals surface area (Å²) in [5.41, 5.74) is 7.45. The third-order valence-electron chi connectivity index (χ3n) is 7.59. The van der Waals surface area contributed by atoms with E-state index in [1.54, 1.807) is 6.20 Å². The van der Waals surface area contributed by atoms with Gasteiger partial charge in [-0.15, -0.1) is 29.1 Å². The Balaban J connectivity index is 0.000000177. The molecule has 0 atom stereocenters. The van der Waals surface area contributed by atoms with Crippen molar-refractivity contribution in [2.24, 2.45) is 0 Å². The zero-order chi connectivity index (χ0) is 31.6. The Hall–Kier alpha value is -3.89. The molecule has 219 valence electrons. The summed E-state index contributed by atoms with van der Waals surface area (Å²) >= 11 is -1.80. The second-order valence-electron chi connectivity index (χ2n) is 11.7. The quantitative estimate of drug-likeness (QED) is 0.101. The Morgan fingerprint density at radius 3 is 2.07 bits per heavy atom. The van der Waals surface area contributed by atoms with Crippen molar-refractivity contribution >= 4 is 39.2 Å². The largest absolute Gasteiger partial charge is 0.305 e. The molecule has 5 aromatic carbocycles. The molecule has 1 radical (unpaired) electrons. The van der Waals surface area contributed by atoms with Crippen molar-refractivity contribution in [2.75, 3.05) is 0 Å². The average molecular weight is 810 g/mol. The van der Waals surface area contributed by atoms with Crippen LogP contribution in [0.5, 0.6) is 0 Å². The van der Waals surface area contributed by atoms with E-state index in [-0.39, 0.29) is 32.2 Å². The summed E-state index contributed by atoms with van der Waals surface area (Å²) in [5.74, 6) is 7.17. The molecule has 0 saturated carbocycles. The second kappa shape index (κ2) is 13.8. The van der Waals surface area contributed by atoms with E-state index in [2.05, 4.69) is 96.0 Å². The predicted octanol–water partition coefficient (Wildman–Crippen LogP) is 9.92. The minimum atomic E-state index is -1.80. The standard InChI is InChI=1S/C21H22GeN.C19H12N.Ir/c1-16-10-11-18(14-20(16)17-8-6-5-7-9-17)21-13-12-19(15-23-21)22(2,3)4;1-2-6-17-14(5-1)8-9-15-13-16(10-11-18(15)17)19-7-3-4-12-20-19;/h5-10,12-15H,1-4H3;1-9,11-13H;/q2*-1;/i;8D,9D;. The molecule has 4 heteroatoms. The normalized spacial score (nSPS) is 11.6. The Kier molecular flexibility index (Phi) is 9.07. The summed E-state index contributed by atoms with van der Waals surface area (Å²) in [7, 11) is 0. The van der Waals surface area contributed by atoms with Crippen LogP contribution in [0.15, 0.2) is 134 Å². The average Bonchev–Trinajstić information content (AvgIpc) is 3.08. The minimum Gasteiger partial charge on any atom is -0.305 e. The maximum Gasteiger partial charge on any atom is 0.0629 e. The van der Waals surface area contributed by atoms with E-state index in [0.29, 0.717) is 0 Å². The van der Waals surface area contributed by atoms with Crippen LogP contribution < -0.4 is 4.40 Å². The van der Waals surface area contributed by atoms with Crippen LogP contribution in [0.25, 0.3) is 55.2 Å². The summed E-state index contributed by atoms with van der Waals surface area (Å²) in [6, 6.07) is 43.6. The molecule has 7 aromatic rings. The fourth-order valence-corrected chi connectivity index (χ4v) is 7.26. The molecule has 0 bridgehead atoms. The van der Waals surface area contributed by atoms with Crippen LogP contribution in [-0.4, -0.2) is 23.2 Å². The molecule has 0 aliphatic carbocycles. The molecule has 0 spiro atoms. The van der Waals surface area contributed by atoms with E-state index >= 15 is 0 Å². The Bertz CT molecular complexity index is 2110. The van der Waals surface area contributed by atoms with Gasteiger partial charge in [0.15, 0.2) is 0 Å². The van der Waals surface area contributed by atoms with Crippen LogP contribution in [0, 0.1) is 19.1 Å². The zero-order valence-corrected chi connectivity index (χ0v) is 29.8. The number of pyridine rings is 2. The first-order valence-corrected chi connectivity index (χ1v) is 21.8. The Morgan fingerprint density at radius 2 is 1.34 bits per heavy atom. The number of aromatic nitrogens is 2. The van der Waals surface area contributed by atoms with Gasteiger partial charge in [0.05, 0.1) is 2.74 Å². The van der Waals surface area contributed by atoms with E-state index < -0.39 is 13.3 Å². The number of hydrogen-bond acceptors (Lipinski definition) is 2. The van der Waals surface area contributed by atoms with Gasteiger partial charge >= 0.3 is 142 Å². The molecular weight excluding hydrogens is 773 g/mol. The molecular formula is C40H34GeIrN2-2. The molecule has 0 aliphatic heterocycles. The van der Waals surface area contributed by atoms with Crippen molar-refractivity contribution < 1.29 is 22.8 Å². The van der Waals surface area contributed by atoms with Crippen LogP contribution in [0.2, 0.25) is 17.3 Å². The van der Waals surface area contributed by atoms with Crippen molar-refractivity contribution in [3.63, 3.8) is 0 Å². The summed E-state index contributed by atoms with van der Waals surface area (Å²) in [4.78, 5) is 9.03. The van der Waals surface area contributed by atoms with Gasteiger partial charge in [0.2, 0.25) is 0 Å². The molecule has 0 unspecified atom stereocenters. The van der Waals surface area contributed by atoms with Crippen molar-refractivity contribution in [1.29, 1.82) is 0 Å². The molecule has 0 amide bonds. The SMILES string of the molecule is Cc1c[c-]c(-c2cc[c]([Ge]([CH3])([CH3])[CH3])cn2)cc1-c1ccccc1.[2H]c1c([2H])c2ccccc2c2c[c-]c(-c3ccccn3)cc12.[Ir]. The minimum absolute atomic E-state index is 0. The van der Waals surface area contributed by atoms with Crippen molar-refractivity contribution in [1.82, 2.24) is 9.97 Å². The molecule has 0 fully saturated rings. The summed E-state index contributed by atoms with van der Waals surface area (Å²) in [6.45, 7) is 2.13. The smallest absolute Gasteiger partial charge is 0.0629 e. The molecule has 2 heterocycles. The summed E-state index contributed by atoms with van der Waals surface area (Å²) in [5, 5.41) is 3.51. The number of nitrogens with zero attached hydrogens (tertiary/aromatic N) is 2. The predicted molar refractivity (Wildman–Crippen MR) is 185 cm³/mol. The Labute approximate surface area is 279 Å². The van der Waals surface area contributed by atoms with Gasteiger partial charge in [-0.2, -0.15) is 0 Å². The molecule has 44 heavy (non-hydrogen) atoms. The van der Waals surface area contributed by atoms with Crippen LogP contribution >= 0.6 is 0 Å². The third kappa shape index (κ3) is 7.08. The number of rotatable bonds is 4. The Morgan fingerprint density at radius 1 is 0.659 bits per heavy atom. The van der Waals surface area contributed by atoms with Crippen molar-refractivity contribution in [3.8, 4) is 33.6 Å². The number of benzene rings is 5. The van der Waals surface area contributed by atoms with Gasteiger partial charge in [0, 0.05) is 26.3 Å². The van der Waals surface area contributed by atoms with Gasteiger partial charge in [0.25, 0.3) is 0 Å². The number of fused-ring (bicyclic) bond motifs is 3. The number of aryl methyl sites for hydroxylation is 1. The summed E-state index contributed by atoms with van der Waals surface area (Å²) < 4.78 is 18.0. The van der Waals surface area contributed by atoms with Gasteiger partial charge in [-0.25, -0.2) is 0 Å². The van der Waals surface area contributed by atoms with Gasteiger partial charge in [0.1, 0.15) is 0 Å². The molecule has 0 aliphatic rings. The first-order valence-electron chi connectivity index (χ1n) is 15.5. The van der Waals surface area contributed by atoms with Crippen LogP contribution in [0.4, 0.5) is 0 Å². The van der Waals surface area contributed by atoms with E-state index in [0.717, 1.165) is 44.1 Å². The van der Waals surface area contributed by atoms with Crippen LogP contribution in [-0.2, 0) is 20.1 Å². The molecule has 0 N–H and O–H groups in total. The molecule has 0 saturated heterocycles. The summed E-state index contributed by atoms with van der Waals surface area (Å²) in [6.07, 6.45) is 3.80. The zero-order valence-electron chi connectivity index (χ0n) is 27.3. The van der Waals surface area contributed by atoms with Gasteiger partial charge in [-0.3, -0.25) is 0 Å². The van der Waals surface area contributed by atoms with E-state index in [1.165, 1.54) is 21.1 Å². The topological polar surface area (TPSA) is 25.8 Å². The second-order valence-corrected chi connectivity index (χ2v) is 22.3. The molecule has 2 aromatic heterocycles. The first kappa shape index (κ1) is 28.9. The maximum absolute atomic E-state index is 8.31. The number of hydrogen-bond donors (Lipinski definition) is 0. The third-order valence-corrected chi connectivity index (χ3v) is 11.8. The van der Waals surface area contributed by atoms with Crippen molar-refractivity contribution in [3.05, 3.63) is 151 Å². The van der Waals surface area contributed by atoms with Gasteiger partial charge in [-0.1, -0.05) is 59.3 Å². The van der Waals surface area contributed by atoms with Crippen molar-refractivity contribution in [2.45, 2.75) is 24.2 Å². The monoisotopic (exact) mass is 811 g/mol. The van der Waals surface area contributed by atoms with Gasteiger partial charge < -0.3 is 4.98 Å². The van der Waals surface area contributed by atoms with E-state index in [4.69, 9.17) is 7.73 Å². The van der Waals surface area contributed by atoms with E-state index in [1.807, 2.05) is 60.7 Å². The fourth-order valence-electron chi connectivity index (χ4n) is 5.09. The first-order chi connectivity index (χ1) is 21.7. The molecule has 7 rings (SSSR count). The maximum atomic E-state index is 8.31. The van der Waals surface area contributed by atoms with Gasteiger partial charge in [-0.05, 0) is 17.1 Å². The van der Waals surface area contributed by atoms with Crippen LogP contribution in [0.3, 0.4) is 0 Å². The van der Waals surface area contributed by atoms with Crippen LogP contribution in [0.1, 0.15) is 8.30 Å². The fraction of sp³-hybridized carbons (Fsp3) is 0.100.